The Morgan fingerprint density at radius 2 is 1.44 bits per heavy atom. The number of pyridine rings is 1. The highest BCUT2D eigenvalue weighted by molar-refractivity contribution is 7.92. The molecule has 3 aromatic carbocycles. The minimum Gasteiger partial charge on any atom is -0.386 e. The third kappa shape index (κ3) is 5.59. The fraction of sp³-hybridized carbons (Fsp3) is 0.296. The summed E-state index contributed by atoms with van der Waals surface area (Å²) in [6.45, 7) is 2.15. The van der Waals surface area contributed by atoms with Gasteiger partial charge in [-0.2, -0.15) is 0 Å². The fourth-order valence-electron chi connectivity index (χ4n) is 4.16. The minimum atomic E-state index is -3.38. The van der Waals surface area contributed by atoms with Crippen molar-refractivity contribution in [3.63, 3.8) is 0 Å². The Labute approximate surface area is 201 Å². The van der Waals surface area contributed by atoms with E-state index in [1.807, 2.05) is 55.6 Å². The topological polar surface area (TPSA) is 83.1 Å². The molecule has 178 valence electrons. The van der Waals surface area contributed by atoms with Gasteiger partial charge in [0.2, 0.25) is 10.0 Å². The molecule has 1 heterocycles. The number of hydrogen-bond acceptors (Lipinski definition) is 5. The first kappa shape index (κ1) is 23.8. The van der Waals surface area contributed by atoms with Crippen LogP contribution in [0.3, 0.4) is 0 Å². The van der Waals surface area contributed by atoms with E-state index < -0.39 is 10.0 Å². The lowest BCUT2D eigenvalue weighted by Crippen LogP contribution is -2.16. The van der Waals surface area contributed by atoms with Crippen LogP contribution in [0.15, 0.2) is 66.7 Å². The Hall–Kier alpha value is -3.32. The number of nitrogens with one attached hydrogen (secondary N) is 3. The lowest BCUT2D eigenvalue weighted by Gasteiger charge is -2.17. The Morgan fingerprint density at radius 1 is 0.794 bits per heavy atom. The number of para-hydroxylation sites is 2. The van der Waals surface area contributed by atoms with E-state index in [9.17, 15) is 8.42 Å². The molecule has 4 rings (SSSR count). The number of hydrogen-bond donors (Lipinski definition) is 3. The van der Waals surface area contributed by atoms with Gasteiger partial charge >= 0.3 is 0 Å². The summed E-state index contributed by atoms with van der Waals surface area (Å²) < 4.78 is 27.8. The van der Waals surface area contributed by atoms with E-state index in [4.69, 9.17) is 4.98 Å². The monoisotopic (exact) mass is 476 g/mol. The predicted octanol–water partition coefficient (Wildman–Crippen LogP) is 6.89. The lowest BCUT2D eigenvalue weighted by molar-refractivity contribution is 0.591. The maximum Gasteiger partial charge on any atom is 0.232 e. The number of benzene rings is 3. The molecule has 6 nitrogen and oxygen atoms in total. The zero-order chi connectivity index (χ0) is 24.0. The van der Waals surface area contributed by atoms with E-state index in [1.165, 1.54) is 0 Å². The second-order valence-corrected chi connectivity index (χ2v) is 10.3. The molecule has 1 aromatic heterocycles. The molecule has 0 aliphatic rings. The SMILES string of the molecule is CCCCCCCS(=O)(=O)Nc1ccc(Nc2c3ccccc3nc3ccccc23)c(NC)c1. The molecule has 0 saturated heterocycles. The van der Waals surface area contributed by atoms with Crippen LogP contribution in [0, 0.1) is 0 Å². The van der Waals surface area contributed by atoms with Gasteiger partial charge < -0.3 is 10.6 Å². The van der Waals surface area contributed by atoms with Crippen LogP contribution >= 0.6 is 0 Å². The zero-order valence-corrected chi connectivity index (χ0v) is 20.6. The van der Waals surface area contributed by atoms with Crippen molar-refractivity contribution in [1.82, 2.24) is 4.98 Å². The number of rotatable bonds is 11. The van der Waals surface area contributed by atoms with Gasteiger partial charge in [0, 0.05) is 17.8 Å². The van der Waals surface area contributed by atoms with E-state index in [0.29, 0.717) is 12.1 Å². The summed E-state index contributed by atoms with van der Waals surface area (Å²) in [5.41, 5.74) is 5.00. The van der Waals surface area contributed by atoms with E-state index >= 15 is 0 Å². The molecule has 0 unspecified atom stereocenters. The lowest BCUT2D eigenvalue weighted by atomic mass is 10.1. The molecule has 0 aliphatic heterocycles. The second-order valence-electron chi connectivity index (χ2n) is 8.49. The van der Waals surface area contributed by atoms with Crippen molar-refractivity contribution >= 4 is 54.6 Å². The van der Waals surface area contributed by atoms with Crippen molar-refractivity contribution in [2.75, 3.05) is 28.2 Å². The van der Waals surface area contributed by atoms with Crippen molar-refractivity contribution in [2.45, 2.75) is 39.0 Å². The van der Waals surface area contributed by atoms with Crippen LogP contribution in [0.2, 0.25) is 0 Å². The van der Waals surface area contributed by atoms with Crippen LogP contribution in [0.4, 0.5) is 22.7 Å². The van der Waals surface area contributed by atoms with Gasteiger partial charge in [-0.05, 0) is 36.8 Å². The van der Waals surface area contributed by atoms with E-state index in [0.717, 1.165) is 64.6 Å². The predicted molar refractivity (Wildman–Crippen MR) is 145 cm³/mol. The molecule has 0 amide bonds. The van der Waals surface area contributed by atoms with Crippen LogP contribution in [0.25, 0.3) is 21.8 Å². The van der Waals surface area contributed by atoms with Crippen molar-refractivity contribution in [2.24, 2.45) is 0 Å². The van der Waals surface area contributed by atoms with E-state index in [-0.39, 0.29) is 5.75 Å². The highest BCUT2D eigenvalue weighted by atomic mass is 32.2. The smallest absolute Gasteiger partial charge is 0.232 e. The Kier molecular flexibility index (Phi) is 7.53. The molecular formula is C27H32N4O2S. The summed E-state index contributed by atoms with van der Waals surface area (Å²) in [6.07, 6.45) is 4.98. The van der Waals surface area contributed by atoms with Gasteiger partial charge in [0.1, 0.15) is 0 Å². The number of aromatic nitrogens is 1. The number of nitrogens with zero attached hydrogens (tertiary/aromatic N) is 1. The summed E-state index contributed by atoms with van der Waals surface area (Å²) in [6, 6.07) is 21.6. The summed E-state index contributed by atoms with van der Waals surface area (Å²) in [5.74, 6) is 0.139. The van der Waals surface area contributed by atoms with Crippen LogP contribution in [0.5, 0.6) is 0 Å². The molecule has 0 atom stereocenters. The van der Waals surface area contributed by atoms with Gasteiger partial charge in [0.15, 0.2) is 0 Å². The molecular weight excluding hydrogens is 444 g/mol. The number of fused-ring (bicyclic) bond motifs is 2. The molecule has 0 bridgehead atoms. The van der Waals surface area contributed by atoms with Crippen LogP contribution in [0.1, 0.15) is 39.0 Å². The largest absolute Gasteiger partial charge is 0.386 e. The second kappa shape index (κ2) is 10.7. The third-order valence-corrected chi connectivity index (χ3v) is 7.30. The van der Waals surface area contributed by atoms with Crippen molar-refractivity contribution in [3.8, 4) is 0 Å². The molecule has 4 aromatic rings. The highest BCUT2D eigenvalue weighted by Crippen LogP contribution is 2.36. The van der Waals surface area contributed by atoms with Gasteiger partial charge in [-0.15, -0.1) is 0 Å². The molecule has 34 heavy (non-hydrogen) atoms. The van der Waals surface area contributed by atoms with Gasteiger partial charge in [-0.3, -0.25) is 4.72 Å². The molecule has 0 fully saturated rings. The van der Waals surface area contributed by atoms with Crippen molar-refractivity contribution in [3.05, 3.63) is 66.7 Å². The maximum atomic E-state index is 12.5. The Balaban J connectivity index is 1.59. The number of unbranched alkanes of at least 4 members (excludes halogenated alkanes) is 4. The summed E-state index contributed by atoms with van der Waals surface area (Å²) in [4.78, 5) is 4.79. The standard InChI is InChI=1S/C27H32N4O2S/c1-3-4-5-6-11-18-34(32,33)31-20-16-17-25(26(19-20)28-2)30-27-21-12-7-9-14-23(21)29-24-15-10-8-13-22(24)27/h7-10,12-17,19,28,31H,3-6,11,18H2,1-2H3,(H,29,30). The normalized spacial score (nSPS) is 11.6. The number of sulfonamides is 1. The minimum absolute atomic E-state index is 0.139. The van der Waals surface area contributed by atoms with Crippen LogP contribution in [-0.2, 0) is 10.0 Å². The van der Waals surface area contributed by atoms with E-state index in [1.54, 1.807) is 6.07 Å². The summed E-state index contributed by atoms with van der Waals surface area (Å²) in [5, 5.41) is 8.81. The Morgan fingerprint density at radius 3 is 2.09 bits per heavy atom. The average Bonchev–Trinajstić information content (AvgIpc) is 2.84. The number of anilines is 4. The molecule has 0 radical (unpaired) electrons. The molecule has 7 heteroatoms. The van der Waals surface area contributed by atoms with Crippen LogP contribution < -0.4 is 15.4 Å². The summed E-state index contributed by atoms with van der Waals surface area (Å²) >= 11 is 0. The first-order valence-electron chi connectivity index (χ1n) is 11.9. The van der Waals surface area contributed by atoms with E-state index in [2.05, 4.69) is 34.4 Å². The van der Waals surface area contributed by atoms with Gasteiger partial charge in [-0.1, -0.05) is 69.0 Å². The fourth-order valence-corrected chi connectivity index (χ4v) is 5.33. The highest BCUT2D eigenvalue weighted by Gasteiger charge is 2.14. The first-order chi connectivity index (χ1) is 16.5. The van der Waals surface area contributed by atoms with Gasteiger partial charge in [0.25, 0.3) is 0 Å². The molecule has 0 aliphatic carbocycles. The van der Waals surface area contributed by atoms with Crippen molar-refractivity contribution in [1.29, 1.82) is 0 Å². The third-order valence-electron chi connectivity index (χ3n) is 5.93. The van der Waals surface area contributed by atoms with Gasteiger partial charge in [-0.25, -0.2) is 13.4 Å². The first-order valence-corrected chi connectivity index (χ1v) is 13.5. The molecule has 0 saturated carbocycles. The average molecular weight is 477 g/mol. The quantitative estimate of drug-likeness (QED) is 0.162. The zero-order valence-electron chi connectivity index (χ0n) is 19.8. The maximum absolute atomic E-state index is 12.5. The molecule has 3 N–H and O–H groups in total. The van der Waals surface area contributed by atoms with Gasteiger partial charge in [0.05, 0.1) is 39.5 Å². The van der Waals surface area contributed by atoms with Crippen LogP contribution in [-0.4, -0.2) is 26.2 Å². The summed E-state index contributed by atoms with van der Waals surface area (Å²) in [7, 11) is -1.55. The Bertz CT molecular complexity index is 1330. The molecule has 0 spiro atoms. The van der Waals surface area contributed by atoms with Crippen molar-refractivity contribution < 1.29 is 8.42 Å².